The number of rotatable bonds is 10. The molecule has 3 rings (SSSR count). The SMILES string of the molecule is Cc1cc(O[C@H](CCC(F)(F)F)c2ccc(C(=O)NCCS(=O)(=O)O)cc2)cc(C)c1-c1ccc(C(C)(C)C)cc1. The van der Waals surface area contributed by atoms with E-state index in [4.69, 9.17) is 9.29 Å². The molecule has 10 heteroatoms. The Morgan fingerprint density at radius 1 is 0.951 bits per heavy atom. The molecule has 0 aliphatic heterocycles. The third kappa shape index (κ3) is 9.60. The lowest BCUT2D eigenvalue weighted by Gasteiger charge is -2.23. The zero-order chi connectivity index (χ0) is 30.6. The second-order valence-corrected chi connectivity index (χ2v) is 12.8. The second-order valence-electron chi connectivity index (χ2n) is 11.2. The molecule has 0 aromatic heterocycles. The molecule has 0 unspecified atom stereocenters. The van der Waals surface area contributed by atoms with Gasteiger partial charge in [-0.1, -0.05) is 57.2 Å². The fourth-order valence-electron chi connectivity index (χ4n) is 4.58. The Labute approximate surface area is 239 Å². The fraction of sp³-hybridized carbons (Fsp3) is 0.387. The van der Waals surface area contributed by atoms with E-state index in [9.17, 15) is 26.4 Å². The van der Waals surface area contributed by atoms with E-state index in [1.807, 2.05) is 26.0 Å². The molecule has 6 nitrogen and oxygen atoms in total. The topological polar surface area (TPSA) is 92.7 Å². The van der Waals surface area contributed by atoms with Crippen LogP contribution in [0.1, 0.15) is 72.3 Å². The van der Waals surface area contributed by atoms with E-state index in [0.717, 1.165) is 22.3 Å². The molecule has 0 radical (unpaired) electrons. The maximum atomic E-state index is 13.1. The Hall–Kier alpha value is -3.37. The van der Waals surface area contributed by atoms with Crippen molar-refractivity contribution in [3.63, 3.8) is 0 Å². The first-order chi connectivity index (χ1) is 18.9. The van der Waals surface area contributed by atoms with Gasteiger partial charge in [0.1, 0.15) is 11.9 Å². The first kappa shape index (κ1) is 32.1. The van der Waals surface area contributed by atoms with E-state index in [-0.39, 0.29) is 23.9 Å². The van der Waals surface area contributed by atoms with Crippen molar-refractivity contribution in [3.8, 4) is 16.9 Å². The minimum Gasteiger partial charge on any atom is -0.486 e. The highest BCUT2D eigenvalue weighted by Gasteiger charge is 2.30. The van der Waals surface area contributed by atoms with Crippen LogP contribution in [0, 0.1) is 13.8 Å². The van der Waals surface area contributed by atoms with Crippen LogP contribution in [0.4, 0.5) is 13.2 Å². The number of aryl methyl sites for hydroxylation is 2. The average Bonchev–Trinajstić information content (AvgIpc) is 2.84. The first-order valence-electron chi connectivity index (χ1n) is 13.2. The summed E-state index contributed by atoms with van der Waals surface area (Å²) in [5.74, 6) is -0.774. The number of carbonyl (C=O) groups is 1. The van der Waals surface area contributed by atoms with Crippen LogP contribution in [-0.2, 0) is 15.5 Å². The molecule has 0 bridgehead atoms. The molecule has 0 aliphatic rings. The van der Waals surface area contributed by atoms with Gasteiger partial charge in [-0.15, -0.1) is 0 Å². The predicted octanol–water partition coefficient (Wildman–Crippen LogP) is 7.35. The van der Waals surface area contributed by atoms with Crippen molar-refractivity contribution in [2.24, 2.45) is 0 Å². The zero-order valence-corrected chi connectivity index (χ0v) is 24.6. The quantitative estimate of drug-likeness (QED) is 0.241. The zero-order valence-electron chi connectivity index (χ0n) is 23.8. The van der Waals surface area contributed by atoms with Gasteiger partial charge in [0.2, 0.25) is 0 Å². The summed E-state index contributed by atoms with van der Waals surface area (Å²) in [5.41, 5.74) is 5.81. The number of hydrogen-bond donors (Lipinski definition) is 2. The van der Waals surface area contributed by atoms with Crippen LogP contribution in [0.25, 0.3) is 11.1 Å². The van der Waals surface area contributed by atoms with E-state index in [1.54, 1.807) is 0 Å². The molecule has 3 aromatic carbocycles. The minimum atomic E-state index is -4.37. The lowest BCUT2D eigenvalue weighted by atomic mass is 9.85. The van der Waals surface area contributed by atoms with Crippen LogP contribution in [0.15, 0.2) is 60.7 Å². The lowest BCUT2D eigenvalue weighted by molar-refractivity contribution is -0.139. The number of alkyl halides is 3. The molecular weight excluding hydrogens is 555 g/mol. The smallest absolute Gasteiger partial charge is 0.389 e. The van der Waals surface area contributed by atoms with Crippen molar-refractivity contribution < 1.29 is 35.7 Å². The number of benzene rings is 3. The largest absolute Gasteiger partial charge is 0.486 e. The van der Waals surface area contributed by atoms with Crippen LogP contribution in [-0.4, -0.2) is 37.4 Å². The summed E-state index contributed by atoms with van der Waals surface area (Å²) in [6.45, 7) is 10.0. The van der Waals surface area contributed by atoms with E-state index in [1.165, 1.54) is 29.8 Å². The molecule has 0 spiro atoms. The van der Waals surface area contributed by atoms with Crippen molar-refractivity contribution in [1.82, 2.24) is 5.32 Å². The Kier molecular flexibility index (Phi) is 9.92. The molecule has 0 saturated heterocycles. The average molecular weight is 592 g/mol. The van der Waals surface area contributed by atoms with Crippen molar-refractivity contribution in [1.29, 1.82) is 0 Å². The summed E-state index contributed by atoms with van der Waals surface area (Å²) in [4.78, 5) is 12.3. The second kappa shape index (κ2) is 12.7. The van der Waals surface area contributed by atoms with Crippen molar-refractivity contribution in [3.05, 3.63) is 88.5 Å². The molecule has 0 saturated carbocycles. The summed E-state index contributed by atoms with van der Waals surface area (Å²) in [6.07, 6.45) is -6.67. The molecule has 0 aliphatic carbocycles. The molecule has 1 atom stereocenters. The minimum absolute atomic E-state index is 0.0246. The summed E-state index contributed by atoms with van der Waals surface area (Å²) >= 11 is 0. The Morgan fingerprint density at radius 3 is 2.00 bits per heavy atom. The molecule has 3 aromatic rings. The molecule has 1 amide bonds. The number of nitrogens with one attached hydrogen (secondary N) is 1. The first-order valence-corrected chi connectivity index (χ1v) is 14.8. The molecule has 222 valence electrons. The Morgan fingerprint density at radius 2 is 1.51 bits per heavy atom. The summed E-state index contributed by atoms with van der Waals surface area (Å²) < 4.78 is 76.0. The highest BCUT2D eigenvalue weighted by molar-refractivity contribution is 7.85. The number of hydrogen-bond acceptors (Lipinski definition) is 4. The van der Waals surface area contributed by atoms with Gasteiger partial charge < -0.3 is 10.1 Å². The van der Waals surface area contributed by atoms with Gasteiger partial charge in [0.15, 0.2) is 0 Å². The van der Waals surface area contributed by atoms with Gasteiger partial charge in [0.25, 0.3) is 16.0 Å². The summed E-state index contributed by atoms with van der Waals surface area (Å²) in [5, 5.41) is 2.37. The van der Waals surface area contributed by atoms with Gasteiger partial charge in [-0.25, -0.2) is 0 Å². The van der Waals surface area contributed by atoms with E-state index >= 15 is 0 Å². The molecule has 41 heavy (non-hydrogen) atoms. The van der Waals surface area contributed by atoms with Gasteiger partial charge in [0, 0.05) is 18.5 Å². The summed E-state index contributed by atoms with van der Waals surface area (Å²) in [7, 11) is -4.22. The van der Waals surface area contributed by atoms with Crippen LogP contribution in [0.3, 0.4) is 0 Å². The van der Waals surface area contributed by atoms with Crippen LogP contribution in [0.5, 0.6) is 5.75 Å². The van der Waals surface area contributed by atoms with E-state index in [0.29, 0.717) is 11.3 Å². The van der Waals surface area contributed by atoms with Crippen molar-refractivity contribution in [2.75, 3.05) is 12.3 Å². The summed E-state index contributed by atoms with van der Waals surface area (Å²) in [6, 6.07) is 17.9. The van der Waals surface area contributed by atoms with Crippen LogP contribution < -0.4 is 10.1 Å². The van der Waals surface area contributed by atoms with Crippen LogP contribution >= 0.6 is 0 Å². The third-order valence-corrected chi connectivity index (χ3v) is 7.42. The molecule has 2 N–H and O–H groups in total. The van der Waals surface area contributed by atoms with Crippen molar-refractivity contribution in [2.45, 2.75) is 65.2 Å². The third-order valence-electron chi connectivity index (χ3n) is 6.70. The molecular formula is C31H36F3NO5S. The molecule has 0 heterocycles. The van der Waals surface area contributed by atoms with E-state index in [2.05, 4.69) is 50.4 Å². The highest BCUT2D eigenvalue weighted by Crippen LogP contribution is 2.36. The van der Waals surface area contributed by atoms with Crippen LogP contribution in [0.2, 0.25) is 0 Å². The predicted molar refractivity (Wildman–Crippen MR) is 154 cm³/mol. The maximum absolute atomic E-state index is 13.1. The number of carbonyl (C=O) groups excluding carboxylic acids is 1. The Bertz CT molecular complexity index is 1440. The van der Waals surface area contributed by atoms with Crippen molar-refractivity contribution >= 4 is 16.0 Å². The van der Waals surface area contributed by atoms with Gasteiger partial charge in [-0.2, -0.15) is 21.6 Å². The maximum Gasteiger partial charge on any atom is 0.389 e. The molecule has 0 fully saturated rings. The number of ether oxygens (including phenoxy) is 1. The van der Waals surface area contributed by atoms with Gasteiger partial charge in [-0.05, 0) is 83.3 Å². The monoisotopic (exact) mass is 591 g/mol. The lowest BCUT2D eigenvalue weighted by Crippen LogP contribution is -2.28. The van der Waals surface area contributed by atoms with E-state index < -0.39 is 40.5 Å². The Balaban J connectivity index is 1.83. The number of halogens is 3. The fourth-order valence-corrected chi connectivity index (χ4v) is 4.94. The van der Waals surface area contributed by atoms with Gasteiger partial charge >= 0.3 is 6.18 Å². The standard InChI is InChI=1S/C31H36F3NO5S/c1-20-18-26(19-21(2)28(20)23-10-12-25(13-11-23)30(3,4)5)40-27(14-15-31(32,33)34)22-6-8-24(9-7-22)29(36)35-16-17-41(37,38)39/h6-13,18-19,27H,14-17H2,1-5H3,(H,35,36)(H,37,38,39)/t27-/m1/s1. The normalized spacial score (nSPS) is 13.1. The highest BCUT2D eigenvalue weighted by atomic mass is 32.2. The van der Waals surface area contributed by atoms with Gasteiger partial charge in [-0.3, -0.25) is 9.35 Å². The van der Waals surface area contributed by atoms with Gasteiger partial charge in [0.05, 0.1) is 5.75 Å². The number of amides is 1.